The van der Waals surface area contributed by atoms with Crippen LogP contribution in [0.1, 0.15) is 22.9 Å². The lowest BCUT2D eigenvalue weighted by Gasteiger charge is -2.09. The van der Waals surface area contributed by atoms with E-state index in [9.17, 15) is 0 Å². The molecule has 2 aromatic carbocycles. The SMILES string of the molecule is Clc1ccc(CCC(Cl)c2ccccc2)cc1. The van der Waals surface area contributed by atoms with Crippen LogP contribution < -0.4 is 0 Å². The van der Waals surface area contributed by atoms with Gasteiger partial charge in [-0.1, -0.05) is 54.1 Å². The summed E-state index contributed by atoms with van der Waals surface area (Å²) in [4.78, 5) is 0. The molecule has 2 aromatic rings. The molecule has 0 radical (unpaired) electrons. The first kappa shape index (κ1) is 12.5. The van der Waals surface area contributed by atoms with Crippen LogP contribution in [-0.4, -0.2) is 0 Å². The van der Waals surface area contributed by atoms with E-state index in [1.54, 1.807) is 0 Å². The van der Waals surface area contributed by atoms with Crippen LogP contribution in [0.15, 0.2) is 54.6 Å². The maximum absolute atomic E-state index is 6.36. The van der Waals surface area contributed by atoms with Gasteiger partial charge in [0.2, 0.25) is 0 Å². The zero-order chi connectivity index (χ0) is 12.1. The maximum atomic E-state index is 6.36. The van der Waals surface area contributed by atoms with Crippen LogP contribution >= 0.6 is 23.2 Å². The molecule has 0 aromatic heterocycles. The van der Waals surface area contributed by atoms with Crippen molar-refractivity contribution in [1.82, 2.24) is 0 Å². The Morgan fingerprint density at radius 3 is 2.18 bits per heavy atom. The molecule has 0 saturated heterocycles. The Kier molecular flexibility index (Phi) is 4.47. The third kappa shape index (κ3) is 3.76. The lowest BCUT2D eigenvalue weighted by atomic mass is 10.0. The van der Waals surface area contributed by atoms with E-state index in [0.717, 1.165) is 17.9 Å². The highest BCUT2D eigenvalue weighted by atomic mass is 35.5. The Hall–Kier alpha value is -0.980. The van der Waals surface area contributed by atoms with Gasteiger partial charge in [0.1, 0.15) is 0 Å². The molecule has 1 unspecified atom stereocenters. The Balaban J connectivity index is 1.92. The standard InChI is InChI=1S/C15H14Cl2/c16-14-9-6-12(7-10-14)8-11-15(17)13-4-2-1-3-5-13/h1-7,9-10,15H,8,11H2. The summed E-state index contributed by atoms with van der Waals surface area (Å²) in [5.74, 6) is 0. The lowest BCUT2D eigenvalue weighted by Crippen LogP contribution is -1.93. The van der Waals surface area contributed by atoms with E-state index >= 15 is 0 Å². The van der Waals surface area contributed by atoms with Gasteiger partial charge >= 0.3 is 0 Å². The van der Waals surface area contributed by atoms with Gasteiger partial charge in [0, 0.05) is 5.02 Å². The zero-order valence-electron chi connectivity index (χ0n) is 9.44. The smallest absolute Gasteiger partial charge is 0.0588 e. The van der Waals surface area contributed by atoms with Crippen molar-refractivity contribution in [2.24, 2.45) is 0 Å². The largest absolute Gasteiger partial charge is 0.118 e. The normalized spacial score (nSPS) is 12.4. The minimum absolute atomic E-state index is 0.0758. The molecular weight excluding hydrogens is 251 g/mol. The summed E-state index contributed by atoms with van der Waals surface area (Å²) in [6.07, 6.45) is 1.91. The molecule has 0 amide bonds. The third-order valence-corrected chi connectivity index (χ3v) is 3.48. The Morgan fingerprint density at radius 1 is 0.882 bits per heavy atom. The molecular formula is C15H14Cl2. The summed E-state index contributed by atoms with van der Waals surface area (Å²) < 4.78 is 0. The van der Waals surface area contributed by atoms with Crippen LogP contribution in [-0.2, 0) is 6.42 Å². The van der Waals surface area contributed by atoms with Crippen LogP contribution in [0.2, 0.25) is 5.02 Å². The number of alkyl halides is 1. The second-order valence-electron chi connectivity index (χ2n) is 4.04. The van der Waals surface area contributed by atoms with Gasteiger partial charge in [0.05, 0.1) is 5.38 Å². The lowest BCUT2D eigenvalue weighted by molar-refractivity contribution is 0.794. The second kappa shape index (κ2) is 6.09. The molecule has 0 bridgehead atoms. The van der Waals surface area contributed by atoms with Crippen molar-refractivity contribution in [3.8, 4) is 0 Å². The molecule has 88 valence electrons. The van der Waals surface area contributed by atoms with E-state index in [2.05, 4.69) is 24.3 Å². The van der Waals surface area contributed by atoms with Gasteiger partial charge in [-0.05, 0) is 36.1 Å². The van der Waals surface area contributed by atoms with Gasteiger partial charge in [-0.15, -0.1) is 11.6 Å². The van der Waals surface area contributed by atoms with Gasteiger partial charge in [-0.3, -0.25) is 0 Å². The average Bonchev–Trinajstić information content (AvgIpc) is 2.39. The molecule has 0 saturated carbocycles. The van der Waals surface area contributed by atoms with Gasteiger partial charge in [0.25, 0.3) is 0 Å². The fraction of sp³-hybridized carbons (Fsp3) is 0.200. The van der Waals surface area contributed by atoms with Crippen molar-refractivity contribution in [1.29, 1.82) is 0 Å². The Labute approximate surface area is 112 Å². The van der Waals surface area contributed by atoms with E-state index in [4.69, 9.17) is 23.2 Å². The van der Waals surface area contributed by atoms with Crippen LogP contribution in [0, 0.1) is 0 Å². The predicted octanol–water partition coefficient (Wildman–Crippen LogP) is 5.25. The van der Waals surface area contributed by atoms with Crippen molar-refractivity contribution in [3.63, 3.8) is 0 Å². The van der Waals surface area contributed by atoms with Crippen molar-refractivity contribution in [2.45, 2.75) is 18.2 Å². The van der Waals surface area contributed by atoms with Crippen molar-refractivity contribution < 1.29 is 0 Å². The van der Waals surface area contributed by atoms with Crippen molar-refractivity contribution in [3.05, 3.63) is 70.7 Å². The summed E-state index contributed by atoms with van der Waals surface area (Å²) in [5, 5.41) is 0.853. The van der Waals surface area contributed by atoms with Gasteiger partial charge < -0.3 is 0 Å². The van der Waals surface area contributed by atoms with Gasteiger partial charge in [0.15, 0.2) is 0 Å². The van der Waals surface area contributed by atoms with Crippen molar-refractivity contribution in [2.75, 3.05) is 0 Å². The highest BCUT2D eigenvalue weighted by Crippen LogP contribution is 2.25. The number of rotatable bonds is 4. The predicted molar refractivity (Wildman–Crippen MR) is 74.8 cm³/mol. The molecule has 0 spiro atoms. The molecule has 1 atom stereocenters. The fourth-order valence-electron chi connectivity index (χ4n) is 1.77. The molecule has 2 rings (SSSR count). The van der Waals surface area contributed by atoms with E-state index in [-0.39, 0.29) is 5.38 Å². The summed E-state index contributed by atoms with van der Waals surface area (Å²) in [6, 6.07) is 18.1. The highest BCUT2D eigenvalue weighted by molar-refractivity contribution is 6.30. The van der Waals surface area contributed by atoms with Crippen LogP contribution in [0.3, 0.4) is 0 Å². The first-order chi connectivity index (χ1) is 8.25. The van der Waals surface area contributed by atoms with Gasteiger partial charge in [-0.2, -0.15) is 0 Å². The van der Waals surface area contributed by atoms with E-state index < -0.39 is 0 Å². The summed E-state index contributed by atoms with van der Waals surface area (Å²) in [5.41, 5.74) is 2.46. The fourth-order valence-corrected chi connectivity index (χ4v) is 2.15. The topological polar surface area (TPSA) is 0 Å². The number of aryl methyl sites for hydroxylation is 1. The zero-order valence-corrected chi connectivity index (χ0v) is 11.0. The number of hydrogen-bond donors (Lipinski definition) is 0. The Morgan fingerprint density at radius 2 is 1.53 bits per heavy atom. The summed E-state index contributed by atoms with van der Waals surface area (Å²) >= 11 is 12.2. The first-order valence-corrected chi connectivity index (χ1v) is 6.50. The summed E-state index contributed by atoms with van der Waals surface area (Å²) in [7, 11) is 0. The summed E-state index contributed by atoms with van der Waals surface area (Å²) in [6.45, 7) is 0. The number of hydrogen-bond acceptors (Lipinski definition) is 0. The third-order valence-electron chi connectivity index (χ3n) is 2.76. The van der Waals surface area contributed by atoms with Crippen LogP contribution in [0.25, 0.3) is 0 Å². The minimum atomic E-state index is 0.0758. The molecule has 0 nitrogen and oxygen atoms in total. The number of benzene rings is 2. The molecule has 17 heavy (non-hydrogen) atoms. The first-order valence-electron chi connectivity index (χ1n) is 5.69. The molecule has 2 heteroatoms. The van der Waals surface area contributed by atoms with E-state index in [1.807, 2.05) is 30.3 Å². The van der Waals surface area contributed by atoms with Crippen molar-refractivity contribution >= 4 is 23.2 Å². The molecule has 0 aliphatic heterocycles. The second-order valence-corrected chi connectivity index (χ2v) is 5.01. The minimum Gasteiger partial charge on any atom is -0.118 e. The Bertz CT molecular complexity index is 448. The van der Waals surface area contributed by atoms with E-state index in [1.165, 1.54) is 11.1 Å². The quantitative estimate of drug-likeness (QED) is 0.662. The van der Waals surface area contributed by atoms with Crippen LogP contribution in [0.4, 0.5) is 0 Å². The number of halogens is 2. The van der Waals surface area contributed by atoms with Gasteiger partial charge in [-0.25, -0.2) is 0 Å². The molecule has 0 aliphatic rings. The highest BCUT2D eigenvalue weighted by Gasteiger charge is 2.07. The van der Waals surface area contributed by atoms with E-state index in [0.29, 0.717) is 0 Å². The molecule has 0 heterocycles. The molecule has 0 N–H and O–H groups in total. The average molecular weight is 265 g/mol. The van der Waals surface area contributed by atoms with Crippen LogP contribution in [0.5, 0.6) is 0 Å². The molecule has 0 fully saturated rings. The maximum Gasteiger partial charge on any atom is 0.0588 e. The molecule has 0 aliphatic carbocycles. The monoisotopic (exact) mass is 264 g/mol.